The molecule has 0 bridgehead atoms. The fourth-order valence-electron chi connectivity index (χ4n) is 4.42. The van der Waals surface area contributed by atoms with E-state index in [1.54, 1.807) is 24.3 Å². The first kappa shape index (κ1) is 23.9. The Morgan fingerprint density at radius 1 is 0.676 bits per heavy atom. The number of benzene rings is 4. The van der Waals surface area contributed by atoms with E-state index in [0.29, 0.717) is 6.54 Å². The third kappa shape index (κ3) is 4.82. The summed E-state index contributed by atoms with van der Waals surface area (Å²) in [6.07, 6.45) is 0. The summed E-state index contributed by atoms with van der Waals surface area (Å²) < 4.78 is 30.9. The van der Waals surface area contributed by atoms with Crippen LogP contribution < -0.4 is 0 Å². The minimum atomic E-state index is -3.84. The molecule has 0 aliphatic rings. The second-order valence-corrected chi connectivity index (χ2v) is 9.93. The molecule has 0 heterocycles. The van der Waals surface area contributed by atoms with E-state index in [2.05, 4.69) is 41.3 Å². The average Bonchev–Trinajstić information content (AvgIpc) is 2.87. The fraction of sp³-hybridized carbons (Fsp3) is 0.172. The molecule has 5 heteroatoms. The minimum absolute atomic E-state index is 0.0287. The molecule has 0 unspecified atom stereocenters. The molecule has 4 rings (SSSR count). The topological polar surface area (TPSA) is 46.6 Å². The van der Waals surface area contributed by atoms with E-state index >= 15 is 0 Å². The summed E-state index contributed by atoms with van der Waals surface area (Å²) in [4.78, 5) is 2.33. The van der Waals surface area contributed by atoms with Crippen LogP contribution in [0, 0.1) is 6.92 Å². The highest BCUT2D eigenvalue weighted by molar-refractivity contribution is 7.86. The molecular formula is C29H29NO3S. The van der Waals surface area contributed by atoms with E-state index in [4.69, 9.17) is 4.18 Å². The maximum atomic E-state index is 12.7. The van der Waals surface area contributed by atoms with Crippen molar-refractivity contribution in [2.24, 2.45) is 0 Å². The summed E-state index contributed by atoms with van der Waals surface area (Å²) in [5.74, 6) is 0. The maximum Gasteiger partial charge on any atom is 0.297 e. The quantitative estimate of drug-likeness (QED) is 0.235. The van der Waals surface area contributed by atoms with Gasteiger partial charge in [0.2, 0.25) is 0 Å². The summed E-state index contributed by atoms with van der Waals surface area (Å²) in [7, 11) is -1.83. The smallest absolute Gasteiger partial charge is 0.287 e. The van der Waals surface area contributed by atoms with Crippen molar-refractivity contribution in [2.75, 3.05) is 20.2 Å². The Hall–Kier alpha value is -3.25. The van der Waals surface area contributed by atoms with Crippen LogP contribution in [0.3, 0.4) is 0 Å². The number of likely N-dealkylation sites (N-methyl/N-ethyl adjacent to an activating group) is 1. The molecule has 0 spiro atoms. The van der Waals surface area contributed by atoms with E-state index in [1.807, 2.05) is 68.6 Å². The molecule has 174 valence electrons. The highest BCUT2D eigenvalue weighted by Gasteiger charge is 2.40. The van der Waals surface area contributed by atoms with Crippen molar-refractivity contribution in [1.29, 1.82) is 0 Å². The largest absolute Gasteiger partial charge is 0.297 e. The van der Waals surface area contributed by atoms with Crippen molar-refractivity contribution in [3.8, 4) is 0 Å². The van der Waals surface area contributed by atoms with Gasteiger partial charge in [-0.2, -0.15) is 8.42 Å². The van der Waals surface area contributed by atoms with Gasteiger partial charge >= 0.3 is 0 Å². The number of nitrogens with zero attached hydrogens (tertiary/aromatic N) is 1. The summed E-state index contributed by atoms with van der Waals surface area (Å²) in [6, 6.07) is 37.6. The monoisotopic (exact) mass is 471 g/mol. The first-order chi connectivity index (χ1) is 16.4. The lowest BCUT2D eigenvalue weighted by Gasteiger charge is -2.43. The van der Waals surface area contributed by atoms with Crippen molar-refractivity contribution in [3.05, 3.63) is 138 Å². The highest BCUT2D eigenvalue weighted by Crippen LogP contribution is 2.41. The molecule has 34 heavy (non-hydrogen) atoms. The van der Waals surface area contributed by atoms with Crippen molar-refractivity contribution >= 4 is 10.1 Å². The molecule has 4 nitrogen and oxygen atoms in total. The van der Waals surface area contributed by atoms with Crippen molar-refractivity contribution in [3.63, 3.8) is 0 Å². The molecule has 0 radical (unpaired) electrons. The van der Waals surface area contributed by atoms with Gasteiger partial charge in [0, 0.05) is 6.54 Å². The van der Waals surface area contributed by atoms with Crippen LogP contribution in [-0.2, 0) is 19.8 Å². The first-order valence-electron chi connectivity index (χ1n) is 11.3. The van der Waals surface area contributed by atoms with Gasteiger partial charge in [0.05, 0.1) is 17.0 Å². The van der Waals surface area contributed by atoms with Crippen LogP contribution in [0.15, 0.2) is 120 Å². The Kier molecular flexibility index (Phi) is 7.27. The van der Waals surface area contributed by atoms with Crippen LogP contribution in [-0.4, -0.2) is 33.5 Å². The van der Waals surface area contributed by atoms with E-state index in [9.17, 15) is 8.42 Å². The van der Waals surface area contributed by atoms with E-state index < -0.39 is 15.7 Å². The molecule has 0 saturated heterocycles. The normalized spacial score (nSPS) is 12.1. The lowest BCUT2D eigenvalue weighted by atomic mass is 9.76. The second kappa shape index (κ2) is 10.3. The van der Waals surface area contributed by atoms with E-state index in [1.165, 1.54) is 0 Å². The zero-order valence-corrected chi connectivity index (χ0v) is 20.3. The van der Waals surface area contributed by atoms with Gasteiger partial charge < -0.3 is 0 Å². The molecule has 0 amide bonds. The number of aryl methyl sites for hydroxylation is 1. The van der Waals surface area contributed by atoms with Gasteiger partial charge in [-0.3, -0.25) is 9.08 Å². The van der Waals surface area contributed by atoms with Crippen molar-refractivity contribution in [1.82, 2.24) is 4.90 Å². The summed E-state index contributed by atoms with van der Waals surface area (Å²) in [5.41, 5.74) is 3.65. The molecular weight excluding hydrogens is 442 g/mol. The molecule has 0 aliphatic carbocycles. The number of hydrogen-bond donors (Lipinski definition) is 0. The maximum absolute atomic E-state index is 12.7. The first-order valence-corrected chi connectivity index (χ1v) is 12.7. The second-order valence-electron chi connectivity index (χ2n) is 8.32. The van der Waals surface area contributed by atoms with Crippen LogP contribution in [0.5, 0.6) is 0 Å². The molecule has 0 aliphatic heterocycles. The van der Waals surface area contributed by atoms with Gasteiger partial charge in [-0.05, 0) is 42.8 Å². The van der Waals surface area contributed by atoms with Gasteiger partial charge in [-0.25, -0.2) is 0 Å². The molecule has 0 fully saturated rings. The van der Waals surface area contributed by atoms with Gasteiger partial charge in [0.15, 0.2) is 0 Å². The Morgan fingerprint density at radius 3 is 1.50 bits per heavy atom. The molecule has 0 saturated carbocycles. The van der Waals surface area contributed by atoms with Gasteiger partial charge in [-0.1, -0.05) is 109 Å². The summed E-state index contributed by atoms with van der Waals surface area (Å²) >= 11 is 0. The minimum Gasteiger partial charge on any atom is -0.287 e. The van der Waals surface area contributed by atoms with Crippen LogP contribution in [0.4, 0.5) is 0 Å². The third-order valence-corrected chi connectivity index (χ3v) is 7.45. The third-order valence-electron chi connectivity index (χ3n) is 6.12. The summed E-state index contributed by atoms with van der Waals surface area (Å²) in [5, 5.41) is 0. The number of rotatable bonds is 9. The Labute approximate surface area is 202 Å². The van der Waals surface area contributed by atoms with Crippen molar-refractivity contribution < 1.29 is 12.6 Å². The molecule has 0 atom stereocenters. The molecule has 4 aromatic carbocycles. The lowest BCUT2D eigenvalue weighted by Crippen LogP contribution is -2.47. The van der Waals surface area contributed by atoms with Crippen molar-refractivity contribution in [2.45, 2.75) is 17.4 Å². The van der Waals surface area contributed by atoms with Crippen LogP contribution in [0.25, 0.3) is 0 Å². The lowest BCUT2D eigenvalue weighted by molar-refractivity contribution is 0.163. The average molecular weight is 472 g/mol. The Bertz CT molecular complexity index is 1190. The molecule has 0 aromatic heterocycles. The van der Waals surface area contributed by atoms with E-state index in [0.717, 1.165) is 22.3 Å². The SMILES string of the molecule is Cc1ccc(S(=O)(=O)OCCN(C)C(c2ccccc2)(c2ccccc2)c2ccccc2)cc1. The fourth-order valence-corrected chi connectivity index (χ4v) is 5.32. The standard InChI is InChI=1S/C29H29NO3S/c1-24-18-20-28(21-19-24)34(31,32)33-23-22-30(2)29(25-12-6-3-7-13-25,26-14-8-4-9-15-26)27-16-10-5-11-17-27/h3-21H,22-23H2,1-2H3. The number of hydrogen-bond acceptors (Lipinski definition) is 4. The Morgan fingerprint density at radius 2 is 1.09 bits per heavy atom. The predicted octanol–water partition coefficient (Wildman–Crippen LogP) is 5.62. The highest BCUT2D eigenvalue weighted by atomic mass is 32.2. The van der Waals surface area contributed by atoms with E-state index in [-0.39, 0.29) is 11.5 Å². The zero-order valence-electron chi connectivity index (χ0n) is 19.5. The molecule has 0 N–H and O–H groups in total. The van der Waals surface area contributed by atoms with Crippen LogP contribution >= 0.6 is 0 Å². The van der Waals surface area contributed by atoms with Gasteiger partial charge in [-0.15, -0.1) is 0 Å². The molecule has 4 aromatic rings. The Balaban J connectivity index is 1.70. The van der Waals surface area contributed by atoms with Crippen LogP contribution in [0.2, 0.25) is 0 Å². The van der Waals surface area contributed by atoms with Gasteiger partial charge in [0.25, 0.3) is 10.1 Å². The predicted molar refractivity (Wildman–Crippen MR) is 136 cm³/mol. The summed E-state index contributed by atoms with van der Waals surface area (Å²) in [6.45, 7) is 2.34. The van der Waals surface area contributed by atoms with Crippen LogP contribution in [0.1, 0.15) is 22.3 Å². The zero-order chi connectivity index (χ0) is 24.0. The van der Waals surface area contributed by atoms with Gasteiger partial charge in [0.1, 0.15) is 0 Å².